The molecular formula is C10H11ClN2O. The summed E-state index contributed by atoms with van der Waals surface area (Å²) in [5.41, 5.74) is 6.66. The monoisotopic (exact) mass is 210 g/mol. The van der Waals surface area contributed by atoms with Gasteiger partial charge in [-0.2, -0.15) is 0 Å². The fourth-order valence-corrected chi connectivity index (χ4v) is 1.66. The number of nitrogens with zero attached hydrogens (tertiary/aromatic N) is 1. The molecule has 0 aromatic heterocycles. The van der Waals surface area contributed by atoms with Crippen molar-refractivity contribution in [2.45, 2.75) is 6.42 Å². The van der Waals surface area contributed by atoms with Gasteiger partial charge in [0.25, 0.3) is 5.91 Å². The van der Waals surface area contributed by atoms with E-state index in [0.29, 0.717) is 16.3 Å². The summed E-state index contributed by atoms with van der Waals surface area (Å²) in [6.07, 6.45) is 1.08. The molecule has 0 atom stereocenters. The molecule has 2 N–H and O–H groups in total. The lowest BCUT2D eigenvalue weighted by molar-refractivity contribution is 0.0652. The van der Waals surface area contributed by atoms with Crippen LogP contribution in [-0.4, -0.2) is 23.9 Å². The molecule has 0 saturated carbocycles. The first-order chi connectivity index (χ1) is 6.68. The summed E-state index contributed by atoms with van der Waals surface area (Å²) >= 11 is 5.92. The van der Waals surface area contributed by atoms with Crippen LogP contribution in [0.2, 0.25) is 5.02 Å². The molecular weight excluding hydrogens is 200 g/mol. The maximum Gasteiger partial charge on any atom is 0.255 e. The molecule has 1 saturated heterocycles. The Morgan fingerprint density at radius 1 is 1.43 bits per heavy atom. The van der Waals surface area contributed by atoms with Crippen molar-refractivity contribution in [2.24, 2.45) is 0 Å². The van der Waals surface area contributed by atoms with Gasteiger partial charge in [-0.05, 0) is 24.6 Å². The van der Waals surface area contributed by atoms with Crippen LogP contribution in [0, 0.1) is 0 Å². The average Bonchev–Trinajstić information content (AvgIpc) is 2.00. The van der Waals surface area contributed by atoms with Gasteiger partial charge in [-0.3, -0.25) is 4.79 Å². The van der Waals surface area contributed by atoms with Gasteiger partial charge in [0.1, 0.15) is 0 Å². The third kappa shape index (κ3) is 1.55. The summed E-state index contributed by atoms with van der Waals surface area (Å²) in [6.45, 7) is 1.67. The van der Waals surface area contributed by atoms with Crippen LogP contribution in [0.3, 0.4) is 0 Å². The van der Waals surface area contributed by atoms with Crippen molar-refractivity contribution in [2.75, 3.05) is 18.8 Å². The van der Waals surface area contributed by atoms with Gasteiger partial charge in [0.15, 0.2) is 0 Å². The normalized spacial score (nSPS) is 15.1. The lowest BCUT2D eigenvalue weighted by Gasteiger charge is -2.31. The van der Waals surface area contributed by atoms with Gasteiger partial charge in [0, 0.05) is 18.8 Å². The van der Waals surface area contributed by atoms with Crippen molar-refractivity contribution >= 4 is 23.2 Å². The van der Waals surface area contributed by atoms with E-state index in [0.717, 1.165) is 19.5 Å². The van der Waals surface area contributed by atoms with Crippen molar-refractivity contribution in [1.82, 2.24) is 4.90 Å². The molecule has 1 amide bonds. The number of nitrogens with two attached hydrogens (primary N) is 1. The molecule has 14 heavy (non-hydrogen) atoms. The first-order valence-corrected chi connectivity index (χ1v) is 4.90. The minimum absolute atomic E-state index is 0.00116. The summed E-state index contributed by atoms with van der Waals surface area (Å²) in [4.78, 5) is 13.5. The Hall–Kier alpha value is -1.22. The molecule has 0 aliphatic carbocycles. The molecule has 1 fully saturated rings. The van der Waals surface area contributed by atoms with Crippen molar-refractivity contribution < 1.29 is 4.79 Å². The molecule has 1 heterocycles. The number of halogens is 1. The van der Waals surface area contributed by atoms with Crippen LogP contribution >= 0.6 is 11.6 Å². The highest BCUT2D eigenvalue weighted by Gasteiger charge is 2.23. The van der Waals surface area contributed by atoms with Crippen LogP contribution in [0.4, 0.5) is 5.69 Å². The summed E-state index contributed by atoms with van der Waals surface area (Å²) < 4.78 is 0. The van der Waals surface area contributed by atoms with Gasteiger partial charge in [-0.25, -0.2) is 0 Å². The van der Waals surface area contributed by atoms with Crippen LogP contribution in [0.1, 0.15) is 16.8 Å². The Bertz CT molecular complexity index is 374. The Balaban J connectivity index is 2.26. The van der Waals surface area contributed by atoms with Gasteiger partial charge in [-0.15, -0.1) is 0 Å². The second-order valence-corrected chi connectivity index (χ2v) is 3.79. The number of rotatable bonds is 1. The number of carbonyl (C=O) groups is 1. The van der Waals surface area contributed by atoms with Gasteiger partial charge in [0.2, 0.25) is 0 Å². The summed E-state index contributed by atoms with van der Waals surface area (Å²) in [7, 11) is 0. The first-order valence-electron chi connectivity index (χ1n) is 4.53. The number of anilines is 1. The van der Waals surface area contributed by atoms with Crippen LogP contribution in [0.25, 0.3) is 0 Å². The second-order valence-electron chi connectivity index (χ2n) is 3.39. The maximum absolute atomic E-state index is 11.8. The first kappa shape index (κ1) is 9.34. The molecule has 2 rings (SSSR count). The Morgan fingerprint density at radius 2 is 2.14 bits per heavy atom. The lowest BCUT2D eigenvalue weighted by Crippen LogP contribution is -2.42. The van der Waals surface area contributed by atoms with Crippen LogP contribution in [0.15, 0.2) is 18.2 Å². The highest BCUT2D eigenvalue weighted by molar-refractivity contribution is 6.34. The van der Waals surface area contributed by atoms with Crippen molar-refractivity contribution in [3.63, 3.8) is 0 Å². The van der Waals surface area contributed by atoms with Crippen molar-refractivity contribution in [1.29, 1.82) is 0 Å². The van der Waals surface area contributed by atoms with Gasteiger partial charge >= 0.3 is 0 Å². The van der Waals surface area contributed by atoms with E-state index in [1.165, 1.54) is 0 Å². The number of amides is 1. The maximum atomic E-state index is 11.8. The van der Waals surface area contributed by atoms with E-state index in [1.54, 1.807) is 23.1 Å². The van der Waals surface area contributed by atoms with Gasteiger partial charge in [0.05, 0.1) is 10.6 Å². The largest absolute Gasteiger partial charge is 0.399 e. The second kappa shape index (κ2) is 3.50. The standard InChI is InChI=1S/C10H11ClN2O/c11-9-6-7(12)2-3-8(9)10(14)13-4-1-5-13/h2-3,6H,1,4-5,12H2. The van der Waals surface area contributed by atoms with E-state index in [-0.39, 0.29) is 5.91 Å². The predicted octanol–water partition coefficient (Wildman–Crippen LogP) is 1.77. The van der Waals surface area contributed by atoms with Crippen LogP contribution in [-0.2, 0) is 0 Å². The number of hydrogen-bond donors (Lipinski definition) is 1. The quantitative estimate of drug-likeness (QED) is 0.719. The van der Waals surface area contributed by atoms with E-state index < -0.39 is 0 Å². The Morgan fingerprint density at radius 3 is 2.64 bits per heavy atom. The molecule has 74 valence electrons. The molecule has 4 heteroatoms. The van der Waals surface area contributed by atoms with Crippen LogP contribution < -0.4 is 5.73 Å². The zero-order valence-electron chi connectivity index (χ0n) is 7.66. The van der Waals surface area contributed by atoms with E-state index in [9.17, 15) is 4.79 Å². The summed E-state index contributed by atoms with van der Waals surface area (Å²) in [5.74, 6) is 0.00116. The number of benzene rings is 1. The van der Waals surface area contributed by atoms with Crippen molar-refractivity contribution in [3.05, 3.63) is 28.8 Å². The van der Waals surface area contributed by atoms with E-state index >= 15 is 0 Å². The topological polar surface area (TPSA) is 46.3 Å². The van der Waals surface area contributed by atoms with E-state index in [4.69, 9.17) is 17.3 Å². The number of hydrogen-bond acceptors (Lipinski definition) is 2. The van der Waals surface area contributed by atoms with Gasteiger partial charge < -0.3 is 10.6 Å². The smallest absolute Gasteiger partial charge is 0.255 e. The molecule has 0 spiro atoms. The van der Waals surface area contributed by atoms with E-state index in [1.807, 2.05) is 0 Å². The lowest BCUT2D eigenvalue weighted by atomic mass is 10.1. The molecule has 1 aliphatic heterocycles. The number of carbonyl (C=O) groups excluding carboxylic acids is 1. The third-order valence-corrected chi connectivity index (χ3v) is 2.68. The molecule has 0 unspecified atom stereocenters. The molecule has 1 aliphatic rings. The highest BCUT2D eigenvalue weighted by Crippen LogP contribution is 2.22. The Labute approximate surface area is 87.4 Å². The molecule has 1 aromatic rings. The van der Waals surface area contributed by atoms with Crippen LogP contribution in [0.5, 0.6) is 0 Å². The summed E-state index contributed by atoms with van der Waals surface area (Å²) in [6, 6.07) is 4.98. The molecule has 3 nitrogen and oxygen atoms in total. The number of likely N-dealkylation sites (tertiary alicyclic amines) is 1. The van der Waals surface area contributed by atoms with E-state index in [2.05, 4.69) is 0 Å². The fraction of sp³-hybridized carbons (Fsp3) is 0.300. The number of nitrogen functional groups attached to an aromatic ring is 1. The van der Waals surface area contributed by atoms with Gasteiger partial charge in [-0.1, -0.05) is 11.6 Å². The molecule has 1 aromatic carbocycles. The summed E-state index contributed by atoms with van der Waals surface area (Å²) in [5, 5.41) is 0.432. The molecule has 0 bridgehead atoms. The fourth-order valence-electron chi connectivity index (χ4n) is 1.39. The minimum Gasteiger partial charge on any atom is -0.399 e. The predicted molar refractivity (Wildman–Crippen MR) is 56.4 cm³/mol. The Kier molecular flexibility index (Phi) is 2.33. The zero-order valence-corrected chi connectivity index (χ0v) is 8.42. The minimum atomic E-state index is 0.00116. The third-order valence-electron chi connectivity index (χ3n) is 2.37. The SMILES string of the molecule is Nc1ccc(C(=O)N2CCC2)c(Cl)c1. The average molecular weight is 211 g/mol. The molecule has 0 radical (unpaired) electrons. The highest BCUT2D eigenvalue weighted by atomic mass is 35.5. The van der Waals surface area contributed by atoms with Crippen molar-refractivity contribution in [3.8, 4) is 0 Å². The zero-order chi connectivity index (χ0) is 10.1.